The summed E-state index contributed by atoms with van der Waals surface area (Å²) in [6.07, 6.45) is 1.77. The molecule has 5 nitrogen and oxygen atoms in total. The lowest BCUT2D eigenvalue weighted by Crippen LogP contribution is -2.12. The Bertz CT molecular complexity index is 909. The van der Waals surface area contributed by atoms with Gasteiger partial charge in [-0.1, -0.05) is 23.7 Å². The van der Waals surface area contributed by atoms with Gasteiger partial charge >= 0.3 is 0 Å². The maximum Gasteiger partial charge on any atom is 0.256 e. The summed E-state index contributed by atoms with van der Waals surface area (Å²) in [4.78, 5) is 12.2. The van der Waals surface area contributed by atoms with Crippen molar-refractivity contribution < 1.29 is 9.53 Å². The zero-order chi connectivity index (χ0) is 18.7. The molecule has 3 rings (SSSR count). The fourth-order valence-corrected chi connectivity index (χ4v) is 2.69. The predicted molar refractivity (Wildman–Crippen MR) is 103 cm³/mol. The Labute approximate surface area is 157 Å². The van der Waals surface area contributed by atoms with Gasteiger partial charge in [0.25, 0.3) is 5.91 Å². The molecule has 0 bridgehead atoms. The van der Waals surface area contributed by atoms with Gasteiger partial charge in [-0.3, -0.25) is 9.48 Å². The first kappa shape index (κ1) is 18.0. The first-order chi connectivity index (χ1) is 12.4. The van der Waals surface area contributed by atoms with Crippen LogP contribution < -0.4 is 10.1 Å². The number of nitrogens with one attached hydrogen (secondary N) is 1. The van der Waals surface area contributed by atoms with Crippen LogP contribution in [0.3, 0.4) is 0 Å². The molecule has 0 saturated heterocycles. The highest BCUT2D eigenvalue weighted by atomic mass is 35.5. The van der Waals surface area contributed by atoms with Crippen LogP contribution in [0.15, 0.2) is 48.7 Å². The van der Waals surface area contributed by atoms with Crippen molar-refractivity contribution in [2.45, 2.75) is 20.5 Å². The molecule has 0 atom stereocenters. The van der Waals surface area contributed by atoms with Crippen molar-refractivity contribution in [3.05, 3.63) is 75.9 Å². The van der Waals surface area contributed by atoms with E-state index in [9.17, 15) is 4.79 Å². The monoisotopic (exact) mass is 369 g/mol. The van der Waals surface area contributed by atoms with Gasteiger partial charge in [-0.25, -0.2) is 0 Å². The number of carbonyl (C=O) groups is 1. The second kappa shape index (κ2) is 7.62. The molecule has 1 heterocycles. The Morgan fingerprint density at radius 3 is 2.38 bits per heavy atom. The molecule has 2 aromatic carbocycles. The van der Waals surface area contributed by atoms with Crippen molar-refractivity contribution in [3.63, 3.8) is 0 Å². The number of aryl methyl sites for hydroxylation is 3. The van der Waals surface area contributed by atoms with Crippen LogP contribution in [0, 0.1) is 13.8 Å². The van der Waals surface area contributed by atoms with E-state index in [2.05, 4.69) is 10.4 Å². The molecule has 0 fully saturated rings. The number of anilines is 1. The summed E-state index contributed by atoms with van der Waals surface area (Å²) in [7, 11) is 1.80. The van der Waals surface area contributed by atoms with Crippen molar-refractivity contribution in [2.24, 2.45) is 7.05 Å². The third-order valence-electron chi connectivity index (χ3n) is 3.99. The average molecular weight is 370 g/mol. The molecule has 0 unspecified atom stereocenters. The second-order valence-corrected chi connectivity index (χ2v) is 6.56. The fourth-order valence-electron chi connectivity index (χ4n) is 2.58. The number of amides is 1. The minimum Gasteiger partial charge on any atom is -0.489 e. The molecule has 26 heavy (non-hydrogen) atoms. The smallest absolute Gasteiger partial charge is 0.256 e. The van der Waals surface area contributed by atoms with E-state index in [1.54, 1.807) is 36.1 Å². The SMILES string of the molecule is Cc1cc(OCc2ccc(C(=O)Nc3ccn(C)n3)cc2)cc(C)c1Cl. The Morgan fingerprint density at radius 1 is 1.15 bits per heavy atom. The maximum absolute atomic E-state index is 12.2. The van der Waals surface area contributed by atoms with Crippen LogP contribution in [0.5, 0.6) is 5.75 Å². The number of rotatable bonds is 5. The normalized spacial score (nSPS) is 10.6. The minimum absolute atomic E-state index is 0.194. The largest absolute Gasteiger partial charge is 0.489 e. The third-order valence-corrected chi connectivity index (χ3v) is 4.58. The molecular formula is C20H20ClN3O2. The summed E-state index contributed by atoms with van der Waals surface area (Å²) in [5.74, 6) is 1.11. The minimum atomic E-state index is -0.194. The van der Waals surface area contributed by atoms with Crippen LogP contribution in [0.1, 0.15) is 27.0 Å². The number of halogens is 1. The molecule has 134 valence electrons. The first-order valence-electron chi connectivity index (χ1n) is 8.22. The highest BCUT2D eigenvalue weighted by molar-refractivity contribution is 6.32. The van der Waals surface area contributed by atoms with Crippen molar-refractivity contribution in [1.29, 1.82) is 0 Å². The van der Waals surface area contributed by atoms with Crippen LogP contribution >= 0.6 is 11.6 Å². The van der Waals surface area contributed by atoms with Gasteiger partial charge in [0.2, 0.25) is 0 Å². The molecule has 1 aromatic heterocycles. The molecule has 1 amide bonds. The summed E-state index contributed by atoms with van der Waals surface area (Å²) < 4.78 is 7.47. The van der Waals surface area contributed by atoms with Crippen LogP contribution in [-0.2, 0) is 13.7 Å². The standard InChI is InChI=1S/C20H20ClN3O2/c1-13-10-17(11-14(2)19(13)21)26-12-15-4-6-16(7-5-15)20(25)22-18-8-9-24(3)23-18/h4-11H,12H2,1-3H3,(H,22,23,25). The number of benzene rings is 2. The van der Waals surface area contributed by atoms with Gasteiger partial charge in [-0.05, 0) is 54.8 Å². The van der Waals surface area contributed by atoms with Gasteiger partial charge in [0, 0.05) is 29.9 Å². The van der Waals surface area contributed by atoms with Gasteiger partial charge in [0.05, 0.1) is 0 Å². The summed E-state index contributed by atoms with van der Waals surface area (Å²) in [5, 5.41) is 7.66. The zero-order valence-corrected chi connectivity index (χ0v) is 15.7. The van der Waals surface area contributed by atoms with Crippen molar-refractivity contribution in [3.8, 4) is 5.75 Å². The summed E-state index contributed by atoms with van der Waals surface area (Å²) >= 11 is 6.17. The quantitative estimate of drug-likeness (QED) is 0.719. The second-order valence-electron chi connectivity index (χ2n) is 6.19. The summed E-state index contributed by atoms with van der Waals surface area (Å²) in [6, 6.07) is 12.9. The van der Waals surface area contributed by atoms with Gasteiger partial charge in [0.15, 0.2) is 5.82 Å². The fraction of sp³-hybridized carbons (Fsp3) is 0.200. The molecule has 0 aliphatic rings. The van der Waals surface area contributed by atoms with Crippen molar-refractivity contribution >= 4 is 23.3 Å². The summed E-state index contributed by atoms with van der Waals surface area (Å²) in [5.41, 5.74) is 3.52. The number of aromatic nitrogens is 2. The van der Waals surface area contributed by atoms with Gasteiger partial charge in [0.1, 0.15) is 12.4 Å². The van der Waals surface area contributed by atoms with Crippen molar-refractivity contribution in [1.82, 2.24) is 9.78 Å². The van der Waals surface area contributed by atoms with E-state index in [1.165, 1.54) is 0 Å². The molecule has 0 aliphatic heterocycles. The van der Waals surface area contributed by atoms with E-state index < -0.39 is 0 Å². The van der Waals surface area contributed by atoms with E-state index in [-0.39, 0.29) is 5.91 Å². The van der Waals surface area contributed by atoms with Crippen LogP contribution in [0.4, 0.5) is 5.82 Å². The first-order valence-corrected chi connectivity index (χ1v) is 8.59. The Hall–Kier alpha value is -2.79. The molecule has 0 spiro atoms. The van der Waals surface area contributed by atoms with E-state index in [1.807, 2.05) is 38.1 Å². The van der Waals surface area contributed by atoms with Crippen LogP contribution in [0.2, 0.25) is 5.02 Å². The maximum atomic E-state index is 12.2. The lowest BCUT2D eigenvalue weighted by molar-refractivity contribution is 0.102. The molecule has 0 saturated carbocycles. The van der Waals surface area contributed by atoms with Gasteiger partial charge in [-0.2, -0.15) is 5.10 Å². The highest BCUT2D eigenvalue weighted by Crippen LogP contribution is 2.26. The Balaban J connectivity index is 1.61. The van der Waals surface area contributed by atoms with E-state index in [4.69, 9.17) is 16.3 Å². The van der Waals surface area contributed by atoms with E-state index in [0.717, 1.165) is 27.5 Å². The summed E-state index contributed by atoms with van der Waals surface area (Å²) in [6.45, 7) is 4.33. The van der Waals surface area contributed by atoms with Crippen LogP contribution in [-0.4, -0.2) is 15.7 Å². The van der Waals surface area contributed by atoms with E-state index in [0.29, 0.717) is 18.0 Å². The lowest BCUT2D eigenvalue weighted by atomic mass is 10.1. The molecule has 0 radical (unpaired) electrons. The Kier molecular flexibility index (Phi) is 5.28. The average Bonchev–Trinajstić information content (AvgIpc) is 3.03. The topological polar surface area (TPSA) is 56.1 Å². The molecule has 6 heteroatoms. The number of hydrogen-bond acceptors (Lipinski definition) is 3. The van der Waals surface area contributed by atoms with E-state index >= 15 is 0 Å². The molecule has 3 aromatic rings. The zero-order valence-electron chi connectivity index (χ0n) is 14.9. The Morgan fingerprint density at radius 2 is 1.81 bits per heavy atom. The van der Waals surface area contributed by atoms with Gasteiger partial charge in [-0.15, -0.1) is 0 Å². The number of ether oxygens (including phenoxy) is 1. The molecule has 0 aliphatic carbocycles. The number of carbonyl (C=O) groups excluding carboxylic acids is 1. The van der Waals surface area contributed by atoms with Crippen LogP contribution in [0.25, 0.3) is 0 Å². The molecule has 1 N–H and O–H groups in total. The van der Waals surface area contributed by atoms with Crippen molar-refractivity contribution in [2.75, 3.05) is 5.32 Å². The lowest BCUT2D eigenvalue weighted by Gasteiger charge is -2.10. The molecular weight excluding hydrogens is 350 g/mol. The number of hydrogen-bond donors (Lipinski definition) is 1. The third kappa shape index (κ3) is 4.24. The van der Waals surface area contributed by atoms with Gasteiger partial charge < -0.3 is 10.1 Å². The highest BCUT2D eigenvalue weighted by Gasteiger charge is 2.08. The predicted octanol–water partition coefficient (Wildman–Crippen LogP) is 4.52. The number of nitrogens with zero attached hydrogens (tertiary/aromatic N) is 2.